The van der Waals surface area contributed by atoms with Crippen LogP contribution in [-0.4, -0.2) is 40.7 Å². The first kappa shape index (κ1) is 17.0. The fourth-order valence-electron chi connectivity index (χ4n) is 4.05. The Morgan fingerprint density at radius 2 is 1.88 bits per heavy atom. The van der Waals surface area contributed by atoms with Gasteiger partial charge in [0.1, 0.15) is 0 Å². The highest BCUT2D eigenvalue weighted by Crippen LogP contribution is 2.29. The third-order valence-electron chi connectivity index (χ3n) is 5.43. The summed E-state index contributed by atoms with van der Waals surface area (Å²) in [5.74, 6) is 0.145. The van der Waals surface area contributed by atoms with Crippen LogP contribution in [0.15, 0.2) is 30.3 Å². The molecule has 2 amide bonds. The molecule has 1 unspecified atom stereocenters. The third kappa shape index (κ3) is 3.80. The first-order chi connectivity index (χ1) is 11.7. The molecule has 1 aromatic carbocycles. The summed E-state index contributed by atoms with van der Waals surface area (Å²) in [6.07, 6.45) is 6.30. The van der Waals surface area contributed by atoms with E-state index in [0.717, 1.165) is 18.4 Å². The first-order valence-electron chi connectivity index (χ1n) is 9.31. The highest BCUT2D eigenvalue weighted by molar-refractivity contribution is 5.89. The maximum Gasteiger partial charge on any atom is 0.228 e. The lowest BCUT2D eigenvalue weighted by molar-refractivity contribution is -0.136. The van der Waals surface area contributed by atoms with Crippen molar-refractivity contribution in [1.82, 2.24) is 9.80 Å². The molecule has 0 bridgehead atoms. The van der Waals surface area contributed by atoms with Crippen LogP contribution in [0.25, 0.3) is 0 Å². The second-order valence-electron chi connectivity index (χ2n) is 7.08. The quantitative estimate of drug-likeness (QED) is 0.833. The second kappa shape index (κ2) is 7.82. The van der Waals surface area contributed by atoms with E-state index in [9.17, 15) is 9.59 Å². The Morgan fingerprint density at radius 1 is 1.17 bits per heavy atom. The highest BCUT2D eigenvalue weighted by atomic mass is 16.2. The van der Waals surface area contributed by atoms with Gasteiger partial charge < -0.3 is 9.80 Å². The normalized spacial score (nSPS) is 22.0. The summed E-state index contributed by atoms with van der Waals surface area (Å²) < 4.78 is 0. The molecule has 1 aliphatic carbocycles. The summed E-state index contributed by atoms with van der Waals surface area (Å²) in [5, 5.41) is 0. The van der Waals surface area contributed by atoms with Crippen molar-refractivity contribution in [3.05, 3.63) is 35.9 Å². The van der Waals surface area contributed by atoms with Crippen LogP contribution in [0.3, 0.4) is 0 Å². The van der Waals surface area contributed by atoms with E-state index in [1.165, 1.54) is 19.3 Å². The summed E-state index contributed by atoms with van der Waals surface area (Å²) in [5.41, 5.74) is 1.14. The molecule has 2 aliphatic rings. The van der Waals surface area contributed by atoms with Crippen molar-refractivity contribution < 1.29 is 9.59 Å². The predicted octanol–water partition coefficient (Wildman–Crippen LogP) is 3.22. The zero-order valence-electron chi connectivity index (χ0n) is 14.6. The van der Waals surface area contributed by atoms with E-state index in [1.807, 2.05) is 47.1 Å². The largest absolute Gasteiger partial charge is 0.339 e. The van der Waals surface area contributed by atoms with Crippen molar-refractivity contribution in [1.29, 1.82) is 0 Å². The van der Waals surface area contributed by atoms with Crippen molar-refractivity contribution in [2.24, 2.45) is 5.92 Å². The van der Waals surface area contributed by atoms with E-state index in [2.05, 4.69) is 0 Å². The average molecular weight is 328 g/mol. The monoisotopic (exact) mass is 328 g/mol. The van der Waals surface area contributed by atoms with Gasteiger partial charge in [0, 0.05) is 32.1 Å². The van der Waals surface area contributed by atoms with E-state index in [1.54, 1.807) is 0 Å². The number of benzene rings is 1. The van der Waals surface area contributed by atoms with Gasteiger partial charge in [0.2, 0.25) is 11.8 Å². The van der Waals surface area contributed by atoms with Crippen LogP contribution >= 0.6 is 0 Å². The molecule has 1 heterocycles. The molecule has 1 atom stereocenters. The van der Waals surface area contributed by atoms with Crippen molar-refractivity contribution in [3.63, 3.8) is 0 Å². The molecular formula is C20H28N2O2. The van der Waals surface area contributed by atoms with Gasteiger partial charge in [-0.25, -0.2) is 0 Å². The topological polar surface area (TPSA) is 40.6 Å². The van der Waals surface area contributed by atoms with Crippen LogP contribution in [0.5, 0.6) is 0 Å². The Morgan fingerprint density at radius 3 is 2.54 bits per heavy atom. The summed E-state index contributed by atoms with van der Waals surface area (Å²) >= 11 is 0. The van der Waals surface area contributed by atoms with E-state index >= 15 is 0 Å². The molecule has 3 rings (SSSR count). The minimum Gasteiger partial charge on any atom is -0.339 e. The van der Waals surface area contributed by atoms with E-state index < -0.39 is 0 Å². The number of hydrogen-bond donors (Lipinski definition) is 0. The Bertz CT molecular complexity index is 566. The summed E-state index contributed by atoms with van der Waals surface area (Å²) in [7, 11) is 0. The Labute approximate surface area is 144 Å². The average Bonchev–Trinajstić information content (AvgIpc) is 3.02. The van der Waals surface area contributed by atoms with Gasteiger partial charge in [-0.05, 0) is 25.3 Å². The van der Waals surface area contributed by atoms with Gasteiger partial charge in [-0.3, -0.25) is 9.59 Å². The first-order valence-corrected chi connectivity index (χ1v) is 9.31. The fraction of sp³-hybridized carbons (Fsp3) is 0.600. The molecule has 1 aromatic rings. The number of likely N-dealkylation sites (tertiary alicyclic amines) is 1. The van der Waals surface area contributed by atoms with Gasteiger partial charge >= 0.3 is 0 Å². The van der Waals surface area contributed by atoms with E-state index in [0.29, 0.717) is 32.1 Å². The standard InChI is InChI=1S/C20H28N2O2/c1-2-21(14-16-9-5-3-6-10-16)20(24)17-13-19(23)22(15-17)18-11-7-4-8-12-18/h3,5-6,9-10,17-18H,2,4,7-8,11-15H2,1H3. The molecule has 0 spiro atoms. The molecule has 1 aliphatic heterocycles. The predicted molar refractivity (Wildman–Crippen MR) is 94.2 cm³/mol. The number of hydrogen-bond acceptors (Lipinski definition) is 2. The van der Waals surface area contributed by atoms with Gasteiger partial charge in [0.15, 0.2) is 0 Å². The molecule has 1 saturated carbocycles. The summed E-state index contributed by atoms with van der Waals surface area (Å²) in [6, 6.07) is 10.4. The Kier molecular flexibility index (Phi) is 5.54. The van der Waals surface area contributed by atoms with E-state index in [4.69, 9.17) is 0 Å². The number of carbonyl (C=O) groups is 2. The van der Waals surface area contributed by atoms with Gasteiger partial charge in [0.05, 0.1) is 5.92 Å². The van der Waals surface area contributed by atoms with Crippen LogP contribution < -0.4 is 0 Å². The lowest BCUT2D eigenvalue weighted by Gasteiger charge is -2.31. The number of carbonyl (C=O) groups excluding carboxylic acids is 2. The van der Waals surface area contributed by atoms with Crippen LogP contribution in [0, 0.1) is 5.92 Å². The second-order valence-corrected chi connectivity index (χ2v) is 7.08. The van der Waals surface area contributed by atoms with Gasteiger partial charge in [0.25, 0.3) is 0 Å². The van der Waals surface area contributed by atoms with Crippen LogP contribution in [0.2, 0.25) is 0 Å². The van der Waals surface area contributed by atoms with Crippen LogP contribution in [0.1, 0.15) is 51.0 Å². The van der Waals surface area contributed by atoms with Crippen molar-refractivity contribution in [3.8, 4) is 0 Å². The minimum atomic E-state index is -0.164. The molecule has 0 radical (unpaired) electrons. The zero-order valence-corrected chi connectivity index (χ0v) is 14.6. The maximum absolute atomic E-state index is 12.9. The summed E-state index contributed by atoms with van der Waals surface area (Å²) in [4.78, 5) is 29.2. The van der Waals surface area contributed by atoms with Gasteiger partial charge in [-0.2, -0.15) is 0 Å². The molecule has 0 N–H and O–H groups in total. The fourth-order valence-corrected chi connectivity index (χ4v) is 4.05. The SMILES string of the molecule is CCN(Cc1ccccc1)C(=O)C1CC(=O)N(C2CCCCC2)C1. The van der Waals surface area contributed by atoms with Crippen molar-refractivity contribution in [2.45, 2.75) is 58.0 Å². The minimum absolute atomic E-state index is 0.132. The molecule has 1 saturated heterocycles. The van der Waals surface area contributed by atoms with Crippen molar-refractivity contribution in [2.75, 3.05) is 13.1 Å². The molecule has 0 aromatic heterocycles. The van der Waals surface area contributed by atoms with Crippen LogP contribution in [0.4, 0.5) is 0 Å². The molecule has 24 heavy (non-hydrogen) atoms. The zero-order chi connectivity index (χ0) is 16.9. The lowest BCUT2D eigenvalue weighted by Crippen LogP contribution is -2.40. The molecule has 4 heteroatoms. The lowest BCUT2D eigenvalue weighted by atomic mass is 9.94. The third-order valence-corrected chi connectivity index (χ3v) is 5.43. The molecule has 4 nitrogen and oxygen atoms in total. The molecule has 130 valence electrons. The number of nitrogens with zero attached hydrogens (tertiary/aromatic N) is 2. The maximum atomic E-state index is 12.9. The Hall–Kier alpha value is -1.84. The number of rotatable bonds is 5. The van der Waals surface area contributed by atoms with Gasteiger partial charge in [-0.1, -0.05) is 49.6 Å². The Balaban J connectivity index is 1.62. The van der Waals surface area contributed by atoms with Crippen molar-refractivity contribution >= 4 is 11.8 Å². The molecular weight excluding hydrogens is 300 g/mol. The van der Waals surface area contributed by atoms with Gasteiger partial charge in [-0.15, -0.1) is 0 Å². The van der Waals surface area contributed by atoms with E-state index in [-0.39, 0.29) is 17.7 Å². The molecule has 2 fully saturated rings. The van der Waals surface area contributed by atoms with Crippen LogP contribution in [-0.2, 0) is 16.1 Å². The summed E-state index contributed by atoms with van der Waals surface area (Å²) in [6.45, 7) is 3.94. The smallest absolute Gasteiger partial charge is 0.228 e. The highest BCUT2D eigenvalue weighted by Gasteiger charge is 2.39. The number of amides is 2.